The third-order valence-electron chi connectivity index (χ3n) is 4.05. The second-order valence-corrected chi connectivity index (χ2v) is 8.03. The fourth-order valence-electron chi connectivity index (χ4n) is 2.46. The molecule has 0 spiro atoms. The van der Waals surface area contributed by atoms with Gasteiger partial charge < -0.3 is 4.90 Å². The van der Waals surface area contributed by atoms with E-state index in [2.05, 4.69) is 0 Å². The molecule has 3 rings (SSSR count). The van der Waals surface area contributed by atoms with Crippen LogP contribution in [0.3, 0.4) is 0 Å². The van der Waals surface area contributed by atoms with E-state index in [1.54, 1.807) is 41.3 Å². The average molecular weight is 365 g/mol. The van der Waals surface area contributed by atoms with E-state index in [9.17, 15) is 13.2 Å². The van der Waals surface area contributed by atoms with Gasteiger partial charge in [-0.05, 0) is 42.8 Å². The lowest BCUT2D eigenvalue weighted by Crippen LogP contribution is -2.42. The summed E-state index contributed by atoms with van der Waals surface area (Å²) < 4.78 is 26.8. The molecule has 0 unspecified atom stereocenters. The molecular formula is C17H17ClN2O3S. The zero-order chi connectivity index (χ0) is 17.3. The van der Waals surface area contributed by atoms with Crippen molar-refractivity contribution in [2.45, 2.75) is 11.3 Å². The Kier molecular flexibility index (Phi) is 4.51. The van der Waals surface area contributed by atoms with Gasteiger partial charge in [0.1, 0.15) is 0 Å². The third kappa shape index (κ3) is 3.12. The van der Waals surface area contributed by atoms with E-state index < -0.39 is 10.0 Å². The van der Waals surface area contributed by atoms with Crippen LogP contribution in [0.15, 0.2) is 53.4 Å². The van der Waals surface area contributed by atoms with Crippen LogP contribution in [-0.4, -0.2) is 39.4 Å². The first-order valence-corrected chi connectivity index (χ1v) is 9.35. The lowest BCUT2D eigenvalue weighted by atomic mass is 10.1. The molecule has 126 valence electrons. The summed E-state index contributed by atoms with van der Waals surface area (Å²) in [5, 5.41) is 0.455. The lowest BCUT2D eigenvalue weighted by Gasteiger charge is -2.31. The van der Waals surface area contributed by atoms with E-state index in [1.165, 1.54) is 19.2 Å². The van der Waals surface area contributed by atoms with E-state index in [0.29, 0.717) is 16.3 Å². The first-order chi connectivity index (χ1) is 11.4. The predicted molar refractivity (Wildman–Crippen MR) is 94.0 cm³/mol. The topological polar surface area (TPSA) is 57.7 Å². The summed E-state index contributed by atoms with van der Waals surface area (Å²) in [6, 6.07) is 12.8. The summed E-state index contributed by atoms with van der Waals surface area (Å²) >= 11 is 5.94. The van der Waals surface area contributed by atoms with Crippen molar-refractivity contribution in [1.82, 2.24) is 4.90 Å². The van der Waals surface area contributed by atoms with Crippen LogP contribution in [0.25, 0.3) is 0 Å². The number of likely N-dealkylation sites (tertiary alicyclic amines) is 1. The standard InChI is InChI=1S/C17H17ClN2O3S/c1-19(15-7-3-6-14(18)12-15)24(22,23)16-8-2-5-13(11-16)17(21)20-9-4-10-20/h2-3,5-8,11-12H,4,9-10H2,1H3. The van der Waals surface area contributed by atoms with Crippen LogP contribution in [0, 0.1) is 0 Å². The molecule has 0 aromatic heterocycles. The van der Waals surface area contributed by atoms with Gasteiger partial charge in [-0.25, -0.2) is 8.42 Å². The van der Waals surface area contributed by atoms with E-state index in [-0.39, 0.29) is 10.8 Å². The van der Waals surface area contributed by atoms with Crippen molar-refractivity contribution < 1.29 is 13.2 Å². The first-order valence-electron chi connectivity index (χ1n) is 7.53. The average Bonchev–Trinajstić information content (AvgIpc) is 2.52. The quantitative estimate of drug-likeness (QED) is 0.837. The number of carbonyl (C=O) groups is 1. The maximum atomic E-state index is 12.8. The molecule has 0 atom stereocenters. The number of nitrogens with zero attached hydrogens (tertiary/aromatic N) is 2. The Morgan fingerprint density at radius 1 is 1.12 bits per heavy atom. The van der Waals surface area contributed by atoms with Crippen molar-refractivity contribution in [3.63, 3.8) is 0 Å². The minimum absolute atomic E-state index is 0.0800. The van der Waals surface area contributed by atoms with Crippen molar-refractivity contribution in [2.75, 3.05) is 24.4 Å². The van der Waals surface area contributed by atoms with Gasteiger partial charge in [0.2, 0.25) is 0 Å². The second-order valence-electron chi connectivity index (χ2n) is 5.63. The normalized spacial score (nSPS) is 14.2. The number of carbonyl (C=O) groups excluding carboxylic acids is 1. The number of amides is 1. The minimum atomic E-state index is -3.78. The van der Waals surface area contributed by atoms with Crippen LogP contribution < -0.4 is 4.31 Å². The predicted octanol–water partition coefficient (Wildman–Crippen LogP) is 3.01. The molecule has 1 fully saturated rings. The maximum Gasteiger partial charge on any atom is 0.264 e. The van der Waals surface area contributed by atoms with Gasteiger partial charge in [-0.2, -0.15) is 0 Å². The fraction of sp³-hybridized carbons (Fsp3) is 0.235. The number of halogens is 1. The number of hydrogen-bond acceptors (Lipinski definition) is 3. The highest BCUT2D eigenvalue weighted by Crippen LogP contribution is 2.25. The monoisotopic (exact) mass is 364 g/mol. The Balaban J connectivity index is 1.93. The van der Waals surface area contributed by atoms with Crippen molar-refractivity contribution in [1.29, 1.82) is 0 Å². The molecule has 7 heteroatoms. The van der Waals surface area contributed by atoms with Gasteiger partial charge in [0.25, 0.3) is 15.9 Å². The molecule has 2 aromatic carbocycles. The molecule has 0 aliphatic carbocycles. The minimum Gasteiger partial charge on any atom is -0.339 e. The molecule has 0 N–H and O–H groups in total. The van der Waals surface area contributed by atoms with Crippen LogP contribution in [0.5, 0.6) is 0 Å². The molecule has 5 nitrogen and oxygen atoms in total. The summed E-state index contributed by atoms with van der Waals surface area (Å²) in [7, 11) is -2.31. The van der Waals surface area contributed by atoms with Gasteiger partial charge in [-0.15, -0.1) is 0 Å². The fourth-order valence-corrected chi connectivity index (χ4v) is 3.88. The van der Waals surface area contributed by atoms with E-state index in [4.69, 9.17) is 11.6 Å². The van der Waals surface area contributed by atoms with Crippen molar-refractivity contribution in [2.24, 2.45) is 0 Å². The molecule has 1 aliphatic heterocycles. The molecule has 1 saturated heterocycles. The zero-order valence-corrected chi connectivity index (χ0v) is 14.7. The Hall–Kier alpha value is -2.05. The number of anilines is 1. The van der Waals surface area contributed by atoms with Gasteiger partial charge >= 0.3 is 0 Å². The molecule has 1 aliphatic rings. The Labute approximate surface area is 146 Å². The Bertz CT molecular complexity index is 879. The Morgan fingerprint density at radius 3 is 2.46 bits per heavy atom. The van der Waals surface area contributed by atoms with Crippen molar-refractivity contribution in [3.05, 3.63) is 59.1 Å². The number of sulfonamides is 1. The van der Waals surface area contributed by atoms with Crippen LogP contribution >= 0.6 is 11.6 Å². The molecule has 24 heavy (non-hydrogen) atoms. The largest absolute Gasteiger partial charge is 0.339 e. The smallest absolute Gasteiger partial charge is 0.264 e. The second kappa shape index (κ2) is 6.45. The number of rotatable bonds is 4. The summed E-state index contributed by atoms with van der Waals surface area (Å²) in [6.07, 6.45) is 0.987. The summed E-state index contributed by atoms with van der Waals surface area (Å²) in [4.78, 5) is 14.1. The summed E-state index contributed by atoms with van der Waals surface area (Å²) in [5.41, 5.74) is 0.845. The molecular weight excluding hydrogens is 348 g/mol. The first kappa shape index (κ1) is 16.8. The number of hydrogen-bond donors (Lipinski definition) is 0. The molecule has 1 amide bonds. The highest BCUT2D eigenvalue weighted by Gasteiger charge is 2.25. The zero-order valence-electron chi connectivity index (χ0n) is 13.1. The molecule has 0 bridgehead atoms. The SMILES string of the molecule is CN(c1cccc(Cl)c1)S(=O)(=O)c1cccc(C(=O)N2CCC2)c1. The van der Waals surface area contributed by atoms with Gasteiger partial charge in [0, 0.05) is 30.7 Å². The van der Waals surface area contributed by atoms with Gasteiger partial charge in [0.15, 0.2) is 0 Å². The molecule has 0 saturated carbocycles. The van der Waals surface area contributed by atoms with E-state index in [1.807, 2.05) is 0 Å². The maximum absolute atomic E-state index is 12.8. The van der Waals surface area contributed by atoms with Gasteiger partial charge in [0.05, 0.1) is 10.6 Å². The van der Waals surface area contributed by atoms with E-state index >= 15 is 0 Å². The van der Waals surface area contributed by atoms with Gasteiger partial charge in [-0.1, -0.05) is 23.7 Å². The lowest BCUT2D eigenvalue weighted by molar-refractivity contribution is 0.0651. The summed E-state index contributed by atoms with van der Waals surface area (Å²) in [6.45, 7) is 1.44. The van der Waals surface area contributed by atoms with Crippen LogP contribution in [0.4, 0.5) is 5.69 Å². The van der Waals surface area contributed by atoms with Crippen LogP contribution in [-0.2, 0) is 10.0 Å². The highest BCUT2D eigenvalue weighted by atomic mass is 35.5. The number of benzene rings is 2. The van der Waals surface area contributed by atoms with E-state index in [0.717, 1.165) is 23.8 Å². The molecule has 1 heterocycles. The van der Waals surface area contributed by atoms with Gasteiger partial charge in [-0.3, -0.25) is 9.10 Å². The van der Waals surface area contributed by atoms with Crippen molar-refractivity contribution in [3.8, 4) is 0 Å². The summed E-state index contributed by atoms with van der Waals surface area (Å²) in [5.74, 6) is -0.135. The van der Waals surface area contributed by atoms with Crippen LogP contribution in [0.1, 0.15) is 16.8 Å². The van der Waals surface area contributed by atoms with Crippen molar-refractivity contribution >= 4 is 33.2 Å². The molecule has 2 aromatic rings. The third-order valence-corrected chi connectivity index (χ3v) is 6.07. The Morgan fingerprint density at radius 2 is 1.83 bits per heavy atom. The highest BCUT2D eigenvalue weighted by molar-refractivity contribution is 7.92. The molecule has 0 radical (unpaired) electrons. The van der Waals surface area contributed by atoms with Crippen LogP contribution in [0.2, 0.25) is 5.02 Å².